The minimum atomic E-state index is -0.153. The Bertz CT molecular complexity index is 456. The number of hydrogen-bond acceptors (Lipinski definition) is 3. The number of aromatic nitrogens is 1. The van der Waals surface area contributed by atoms with E-state index in [4.69, 9.17) is 4.42 Å². The summed E-state index contributed by atoms with van der Waals surface area (Å²) < 4.78 is 5.36. The lowest BCUT2D eigenvalue weighted by Crippen LogP contribution is -2.40. The molecule has 0 aliphatic heterocycles. The molecule has 1 aromatic rings. The zero-order chi connectivity index (χ0) is 14.8. The number of rotatable bonds is 4. The van der Waals surface area contributed by atoms with Crippen molar-refractivity contribution >= 4 is 6.03 Å². The Morgan fingerprint density at radius 3 is 2.65 bits per heavy atom. The fourth-order valence-corrected chi connectivity index (χ4v) is 2.43. The summed E-state index contributed by atoms with van der Waals surface area (Å²) in [5.74, 6) is 2.00. The third kappa shape index (κ3) is 3.99. The summed E-state index contributed by atoms with van der Waals surface area (Å²) >= 11 is 0. The van der Waals surface area contributed by atoms with Crippen molar-refractivity contribution in [1.82, 2.24) is 15.6 Å². The van der Waals surface area contributed by atoms with E-state index >= 15 is 0 Å². The van der Waals surface area contributed by atoms with Gasteiger partial charge in [0.05, 0.1) is 12.2 Å². The molecule has 1 saturated carbocycles. The molecule has 0 radical (unpaired) electrons. The fraction of sp³-hybridized carbons (Fsp3) is 0.733. The highest BCUT2D eigenvalue weighted by molar-refractivity contribution is 5.73. The molecule has 2 N–H and O–H groups in total. The maximum atomic E-state index is 11.7. The molecule has 1 aliphatic carbocycles. The first-order valence-electron chi connectivity index (χ1n) is 7.31. The van der Waals surface area contributed by atoms with E-state index in [1.54, 1.807) is 6.26 Å². The normalized spacial score (nSPS) is 22.2. The lowest BCUT2D eigenvalue weighted by molar-refractivity contribution is 0.199. The first kappa shape index (κ1) is 14.9. The van der Waals surface area contributed by atoms with Gasteiger partial charge in [-0.15, -0.1) is 0 Å². The van der Waals surface area contributed by atoms with Crippen LogP contribution in [0.5, 0.6) is 0 Å². The molecule has 0 spiro atoms. The number of hydrogen-bond donors (Lipinski definition) is 2. The van der Waals surface area contributed by atoms with Crippen molar-refractivity contribution in [3.8, 4) is 0 Å². The van der Waals surface area contributed by atoms with Gasteiger partial charge >= 0.3 is 6.03 Å². The molecule has 5 nitrogen and oxygen atoms in total. The maximum absolute atomic E-state index is 11.7. The van der Waals surface area contributed by atoms with Gasteiger partial charge in [0.15, 0.2) is 0 Å². The van der Waals surface area contributed by atoms with Gasteiger partial charge in [-0.2, -0.15) is 0 Å². The number of carbonyl (C=O) groups excluding carboxylic acids is 1. The molecule has 0 unspecified atom stereocenters. The van der Waals surface area contributed by atoms with E-state index in [9.17, 15) is 4.79 Å². The number of nitrogens with one attached hydrogen (secondary N) is 2. The number of amides is 2. The Labute approximate surface area is 120 Å². The van der Waals surface area contributed by atoms with Gasteiger partial charge < -0.3 is 15.1 Å². The molecule has 0 bridgehead atoms. The Hall–Kier alpha value is -1.52. The van der Waals surface area contributed by atoms with Crippen LogP contribution < -0.4 is 10.6 Å². The lowest BCUT2D eigenvalue weighted by atomic mass is 9.76. The average molecular weight is 279 g/mol. The highest BCUT2D eigenvalue weighted by Crippen LogP contribution is 2.32. The zero-order valence-corrected chi connectivity index (χ0v) is 12.8. The molecule has 0 atom stereocenters. The molecular weight excluding hydrogens is 254 g/mol. The quantitative estimate of drug-likeness (QED) is 0.890. The minimum Gasteiger partial charge on any atom is -0.447 e. The number of urea groups is 1. The van der Waals surface area contributed by atoms with Gasteiger partial charge in [0.1, 0.15) is 6.26 Å². The molecule has 1 heterocycles. The third-order valence-corrected chi connectivity index (χ3v) is 3.74. The van der Waals surface area contributed by atoms with Gasteiger partial charge in [-0.05, 0) is 24.7 Å². The lowest BCUT2D eigenvalue weighted by Gasteiger charge is -2.32. The molecule has 2 amide bonds. The van der Waals surface area contributed by atoms with Gasteiger partial charge in [-0.3, -0.25) is 0 Å². The van der Waals surface area contributed by atoms with Gasteiger partial charge in [0, 0.05) is 12.0 Å². The van der Waals surface area contributed by atoms with Gasteiger partial charge in [-0.25, -0.2) is 9.78 Å². The van der Waals surface area contributed by atoms with Crippen LogP contribution in [0, 0.1) is 11.8 Å². The summed E-state index contributed by atoms with van der Waals surface area (Å²) in [6.07, 6.45) is 4.09. The Morgan fingerprint density at radius 1 is 1.40 bits per heavy atom. The second-order valence-electron chi connectivity index (χ2n) is 6.88. The number of carbonyl (C=O) groups is 1. The van der Waals surface area contributed by atoms with Gasteiger partial charge in [0.2, 0.25) is 5.89 Å². The highest BCUT2D eigenvalue weighted by atomic mass is 16.3. The van der Waals surface area contributed by atoms with Crippen molar-refractivity contribution in [1.29, 1.82) is 0 Å². The summed E-state index contributed by atoms with van der Waals surface area (Å²) in [6.45, 7) is 9.56. The molecular formula is C15H25N3O2. The van der Waals surface area contributed by atoms with Crippen LogP contribution in [0.3, 0.4) is 0 Å². The number of nitrogens with zero attached hydrogens (tertiary/aromatic N) is 1. The second-order valence-corrected chi connectivity index (χ2v) is 6.88. The van der Waals surface area contributed by atoms with Crippen molar-refractivity contribution in [3.05, 3.63) is 17.8 Å². The van der Waals surface area contributed by atoms with Crippen LogP contribution in [0.1, 0.15) is 52.1 Å². The molecule has 0 saturated heterocycles. The van der Waals surface area contributed by atoms with E-state index in [2.05, 4.69) is 43.3 Å². The molecule has 1 aromatic heterocycles. The van der Waals surface area contributed by atoms with Crippen molar-refractivity contribution in [3.63, 3.8) is 0 Å². The molecule has 20 heavy (non-hydrogen) atoms. The van der Waals surface area contributed by atoms with Crippen LogP contribution >= 0.6 is 0 Å². The van der Waals surface area contributed by atoms with Crippen LogP contribution in [-0.2, 0) is 12.0 Å². The smallest absolute Gasteiger partial charge is 0.315 e. The van der Waals surface area contributed by atoms with Gasteiger partial charge in [0.25, 0.3) is 0 Å². The summed E-state index contributed by atoms with van der Waals surface area (Å²) in [4.78, 5) is 16.0. The second kappa shape index (κ2) is 5.85. The van der Waals surface area contributed by atoms with E-state index in [0.717, 1.165) is 18.2 Å². The maximum Gasteiger partial charge on any atom is 0.315 e. The number of oxazole rings is 1. The molecule has 1 aliphatic rings. The van der Waals surface area contributed by atoms with Crippen molar-refractivity contribution in [2.75, 3.05) is 6.54 Å². The van der Waals surface area contributed by atoms with Crippen LogP contribution in [0.15, 0.2) is 10.7 Å². The standard InChI is InChI=1S/C15H25N3O2/c1-10-5-11(6-10)7-16-14(19)17-8-13-18-12(9-20-13)15(2,3)4/h9-11H,5-8H2,1-4H3,(H2,16,17,19). The molecule has 1 fully saturated rings. The van der Waals surface area contributed by atoms with Gasteiger partial charge in [-0.1, -0.05) is 27.7 Å². The zero-order valence-electron chi connectivity index (χ0n) is 12.8. The summed E-state index contributed by atoms with van der Waals surface area (Å²) in [5, 5.41) is 5.67. The van der Waals surface area contributed by atoms with Crippen LogP contribution in [0.2, 0.25) is 0 Å². The summed E-state index contributed by atoms with van der Waals surface area (Å²) in [6, 6.07) is -0.153. The van der Waals surface area contributed by atoms with E-state index in [1.165, 1.54) is 12.8 Å². The van der Waals surface area contributed by atoms with Crippen molar-refractivity contribution in [2.45, 2.75) is 52.5 Å². The Morgan fingerprint density at radius 2 is 2.10 bits per heavy atom. The highest BCUT2D eigenvalue weighted by Gasteiger charge is 2.25. The average Bonchev–Trinajstić information content (AvgIpc) is 2.79. The Kier molecular flexibility index (Phi) is 4.35. The van der Waals surface area contributed by atoms with Crippen LogP contribution in [-0.4, -0.2) is 17.6 Å². The van der Waals surface area contributed by atoms with E-state index < -0.39 is 0 Å². The van der Waals surface area contributed by atoms with Crippen molar-refractivity contribution < 1.29 is 9.21 Å². The van der Waals surface area contributed by atoms with Crippen LogP contribution in [0.4, 0.5) is 4.79 Å². The summed E-state index contributed by atoms with van der Waals surface area (Å²) in [7, 11) is 0. The first-order valence-corrected chi connectivity index (χ1v) is 7.31. The third-order valence-electron chi connectivity index (χ3n) is 3.74. The molecule has 5 heteroatoms. The van der Waals surface area contributed by atoms with E-state index in [1.807, 2.05) is 0 Å². The van der Waals surface area contributed by atoms with Crippen molar-refractivity contribution in [2.24, 2.45) is 11.8 Å². The SMILES string of the molecule is CC1CC(CNC(=O)NCc2nc(C(C)(C)C)co2)C1. The van der Waals surface area contributed by atoms with E-state index in [0.29, 0.717) is 18.4 Å². The van der Waals surface area contributed by atoms with E-state index in [-0.39, 0.29) is 11.4 Å². The predicted molar refractivity (Wildman–Crippen MR) is 77.3 cm³/mol. The molecule has 2 rings (SSSR count). The molecule has 112 valence electrons. The largest absolute Gasteiger partial charge is 0.447 e. The molecule has 0 aromatic carbocycles. The topological polar surface area (TPSA) is 67.2 Å². The fourth-order valence-electron chi connectivity index (χ4n) is 2.43. The first-order chi connectivity index (χ1) is 9.34. The monoisotopic (exact) mass is 279 g/mol. The summed E-state index contributed by atoms with van der Waals surface area (Å²) in [5.41, 5.74) is 0.864. The minimum absolute atomic E-state index is 0.0368. The Balaban J connectivity index is 1.69. The van der Waals surface area contributed by atoms with Crippen LogP contribution in [0.25, 0.3) is 0 Å². The predicted octanol–water partition coefficient (Wildman–Crippen LogP) is 2.82.